The summed E-state index contributed by atoms with van der Waals surface area (Å²) in [6, 6.07) is 1.12. The molecule has 2 amide bonds. The van der Waals surface area contributed by atoms with Gasteiger partial charge in [-0.2, -0.15) is 11.3 Å². The van der Waals surface area contributed by atoms with E-state index in [4.69, 9.17) is 9.47 Å². The zero-order chi connectivity index (χ0) is 22.4. The third-order valence-corrected chi connectivity index (χ3v) is 6.33. The molecule has 2 aliphatic heterocycles. The average Bonchev–Trinajstić information content (AvgIpc) is 3.29. The number of nitrogens with one attached hydrogen (secondary N) is 1. The standard InChI is InChI=1S/C22H31N3O5S/c1-4-25-17(13-24-10-7-8-15(12-24)20(26)29-5-2)18(21(27)30-6-3)19(23-22(25)28)16-9-11-31-14-16/h9,11,14-15,19H,4-8,10,12-13H2,1-3H3,(H,23,28). The fraction of sp³-hybridized carbons (Fsp3) is 0.591. The van der Waals surface area contributed by atoms with E-state index in [2.05, 4.69) is 10.2 Å². The van der Waals surface area contributed by atoms with E-state index in [1.165, 1.54) is 11.3 Å². The largest absolute Gasteiger partial charge is 0.466 e. The highest BCUT2D eigenvalue weighted by atomic mass is 32.1. The summed E-state index contributed by atoms with van der Waals surface area (Å²) in [4.78, 5) is 41.9. The van der Waals surface area contributed by atoms with Gasteiger partial charge in [0.15, 0.2) is 0 Å². The smallest absolute Gasteiger partial charge is 0.338 e. The van der Waals surface area contributed by atoms with Gasteiger partial charge in [-0.05, 0) is 62.5 Å². The summed E-state index contributed by atoms with van der Waals surface area (Å²) in [6.07, 6.45) is 1.65. The van der Waals surface area contributed by atoms with Crippen LogP contribution in [0.4, 0.5) is 4.79 Å². The number of ether oxygens (including phenoxy) is 2. The van der Waals surface area contributed by atoms with Gasteiger partial charge in [0.25, 0.3) is 0 Å². The molecule has 170 valence electrons. The first kappa shape index (κ1) is 23.3. The SMILES string of the molecule is CCOC(=O)C1=C(CN2CCCC(C(=O)OCC)C2)N(CC)C(=O)NC1c1ccsc1. The van der Waals surface area contributed by atoms with Gasteiger partial charge in [-0.1, -0.05) is 0 Å². The second-order valence-electron chi connectivity index (χ2n) is 7.59. The number of piperidine rings is 1. The number of thiophene rings is 1. The lowest BCUT2D eigenvalue weighted by Crippen LogP contribution is -2.51. The lowest BCUT2D eigenvalue weighted by molar-refractivity contribution is -0.150. The molecule has 0 bridgehead atoms. The topological polar surface area (TPSA) is 88.2 Å². The highest BCUT2D eigenvalue weighted by Gasteiger charge is 2.39. The predicted molar refractivity (Wildman–Crippen MR) is 117 cm³/mol. The van der Waals surface area contributed by atoms with Crippen LogP contribution in [-0.4, -0.2) is 67.2 Å². The first-order valence-corrected chi connectivity index (χ1v) is 11.8. The summed E-state index contributed by atoms with van der Waals surface area (Å²) in [5.74, 6) is -0.803. The molecule has 2 unspecified atom stereocenters. The second-order valence-corrected chi connectivity index (χ2v) is 8.37. The van der Waals surface area contributed by atoms with E-state index in [-0.39, 0.29) is 24.5 Å². The van der Waals surface area contributed by atoms with Crippen molar-refractivity contribution in [2.24, 2.45) is 5.92 Å². The van der Waals surface area contributed by atoms with E-state index in [9.17, 15) is 14.4 Å². The van der Waals surface area contributed by atoms with Crippen LogP contribution in [-0.2, 0) is 19.1 Å². The summed E-state index contributed by atoms with van der Waals surface area (Å²) in [5, 5.41) is 6.82. The minimum atomic E-state index is -0.554. The molecule has 0 radical (unpaired) electrons. The molecule has 3 heterocycles. The normalized spacial score (nSPS) is 22.3. The molecular weight excluding hydrogens is 418 g/mol. The Kier molecular flexibility index (Phi) is 8.09. The number of urea groups is 1. The van der Waals surface area contributed by atoms with Gasteiger partial charge < -0.3 is 14.8 Å². The zero-order valence-corrected chi connectivity index (χ0v) is 19.2. The van der Waals surface area contributed by atoms with Gasteiger partial charge in [-0.3, -0.25) is 14.6 Å². The molecule has 1 aromatic heterocycles. The van der Waals surface area contributed by atoms with Crippen molar-refractivity contribution < 1.29 is 23.9 Å². The highest BCUT2D eigenvalue weighted by molar-refractivity contribution is 7.08. The van der Waals surface area contributed by atoms with Crippen LogP contribution < -0.4 is 5.32 Å². The van der Waals surface area contributed by atoms with E-state index < -0.39 is 12.0 Å². The molecule has 0 aliphatic carbocycles. The maximum absolute atomic E-state index is 13.0. The van der Waals surface area contributed by atoms with Crippen molar-refractivity contribution in [3.8, 4) is 0 Å². The van der Waals surface area contributed by atoms with Crippen molar-refractivity contribution in [2.45, 2.75) is 39.7 Å². The number of nitrogens with zero attached hydrogens (tertiary/aromatic N) is 2. The number of likely N-dealkylation sites (N-methyl/N-ethyl adjacent to an activating group) is 1. The van der Waals surface area contributed by atoms with Crippen LogP contribution in [0.25, 0.3) is 0 Å². The zero-order valence-electron chi connectivity index (χ0n) is 18.4. The van der Waals surface area contributed by atoms with Gasteiger partial charge in [-0.15, -0.1) is 0 Å². The molecule has 8 nitrogen and oxygen atoms in total. The van der Waals surface area contributed by atoms with Crippen molar-refractivity contribution in [3.05, 3.63) is 33.7 Å². The van der Waals surface area contributed by atoms with Crippen molar-refractivity contribution in [3.63, 3.8) is 0 Å². The second kappa shape index (κ2) is 10.8. The molecule has 2 aliphatic rings. The van der Waals surface area contributed by atoms with Crippen LogP contribution in [0.15, 0.2) is 28.1 Å². The van der Waals surface area contributed by atoms with E-state index in [1.54, 1.807) is 18.7 Å². The quantitative estimate of drug-likeness (QED) is 0.614. The summed E-state index contributed by atoms with van der Waals surface area (Å²) in [7, 11) is 0. The molecule has 3 rings (SSSR count). The fourth-order valence-electron chi connectivity index (χ4n) is 4.21. The fourth-order valence-corrected chi connectivity index (χ4v) is 4.90. The molecule has 1 fully saturated rings. The number of rotatable bonds is 8. The summed E-state index contributed by atoms with van der Waals surface area (Å²) in [6.45, 7) is 8.22. The average molecular weight is 450 g/mol. The van der Waals surface area contributed by atoms with Crippen LogP contribution in [0.1, 0.15) is 45.2 Å². The molecule has 0 spiro atoms. The number of carbonyl (C=O) groups is 3. The monoisotopic (exact) mass is 449 g/mol. The third-order valence-electron chi connectivity index (χ3n) is 5.63. The van der Waals surface area contributed by atoms with Crippen LogP contribution >= 0.6 is 11.3 Å². The summed E-state index contributed by atoms with van der Waals surface area (Å²) < 4.78 is 10.6. The maximum atomic E-state index is 13.0. The van der Waals surface area contributed by atoms with E-state index in [0.717, 1.165) is 24.9 Å². The Morgan fingerprint density at radius 3 is 2.65 bits per heavy atom. The molecule has 31 heavy (non-hydrogen) atoms. The van der Waals surface area contributed by atoms with Crippen LogP contribution in [0, 0.1) is 5.92 Å². The van der Waals surface area contributed by atoms with Crippen molar-refractivity contribution in [1.29, 1.82) is 0 Å². The Balaban J connectivity index is 1.95. The summed E-state index contributed by atoms with van der Waals surface area (Å²) >= 11 is 1.51. The number of likely N-dealkylation sites (tertiary alicyclic amines) is 1. The predicted octanol–water partition coefficient (Wildman–Crippen LogP) is 2.93. The Morgan fingerprint density at radius 2 is 2.00 bits per heavy atom. The molecular formula is C22H31N3O5S. The molecule has 9 heteroatoms. The number of carbonyl (C=O) groups excluding carboxylic acids is 3. The minimum absolute atomic E-state index is 0.184. The minimum Gasteiger partial charge on any atom is -0.466 e. The van der Waals surface area contributed by atoms with Crippen LogP contribution in [0.5, 0.6) is 0 Å². The molecule has 1 aromatic rings. The van der Waals surface area contributed by atoms with Crippen LogP contribution in [0.2, 0.25) is 0 Å². The lowest BCUT2D eigenvalue weighted by atomic mass is 9.94. The number of esters is 2. The number of amides is 2. The van der Waals surface area contributed by atoms with E-state index in [0.29, 0.717) is 37.5 Å². The lowest BCUT2D eigenvalue weighted by Gasteiger charge is -2.39. The van der Waals surface area contributed by atoms with Gasteiger partial charge in [0.2, 0.25) is 0 Å². The molecule has 1 saturated heterocycles. The van der Waals surface area contributed by atoms with Crippen molar-refractivity contribution >= 4 is 29.3 Å². The highest BCUT2D eigenvalue weighted by Crippen LogP contribution is 2.33. The number of hydrogen-bond donors (Lipinski definition) is 1. The van der Waals surface area contributed by atoms with Gasteiger partial charge in [0, 0.05) is 25.3 Å². The molecule has 0 saturated carbocycles. The van der Waals surface area contributed by atoms with Crippen LogP contribution in [0.3, 0.4) is 0 Å². The van der Waals surface area contributed by atoms with E-state index in [1.807, 2.05) is 23.8 Å². The molecule has 1 N–H and O–H groups in total. The summed E-state index contributed by atoms with van der Waals surface area (Å²) in [5.41, 5.74) is 1.96. The van der Waals surface area contributed by atoms with Gasteiger partial charge in [0.1, 0.15) is 0 Å². The van der Waals surface area contributed by atoms with Gasteiger partial charge in [-0.25, -0.2) is 9.59 Å². The molecule has 0 aromatic carbocycles. The third kappa shape index (κ3) is 5.27. The number of hydrogen-bond acceptors (Lipinski definition) is 7. The Bertz CT molecular complexity index is 823. The Morgan fingerprint density at radius 1 is 1.23 bits per heavy atom. The Hall–Kier alpha value is -2.39. The van der Waals surface area contributed by atoms with Crippen molar-refractivity contribution in [2.75, 3.05) is 39.4 Å². The van der Waals surface area contributed by atoms with Gasteiger partial charge in [0.05, 0.1) is 30.7 Å². The maximum Gasteiger partial charge on any atom is 0.338 e. The Labute approximate surface area is 187 Å². The van der Waals surface area contributed by atoms with E-state index >= 15 is 0 Å². The van der Waals surface area contributed by atoms with Crippen molar-refractivity contribution in [1.82, 2.24) is 15.1 Å². The molecule has 2 atom stereocenters. The first-order valence-electron chi connectivity index (χ1n) is 10.9. The van der Waals surface area contributed by atoms with Gasteiger partial charge >= 0.3 is 18.0 Å². The first-order chi connectivity index (χ1) is 15.0.